The number of nitrogens with one attached hydrogen (secondary N) is 1. The average molecular weight is 381 g/mol. The van der Waals surface area contributed by atoms with Gasteiger partial charge < -0.3 is 15.0 Å². The fraction of sp³-hybridized carbons (Fsp3) is 0.353. The van der Waals surface area contributed by atoms with Crippen molar-refractivity contribution in [3.63, 3.8) is 0 Å². The van der Waals surface area contributed by atoms with Gasteiger partial charge in [-0.05, 0) is 18.2 Å². The minimum absolute atomic E-state index is 0.0860. The summed E-state index contributed by atoms with van der Waals surface area (Å²) >= 11 is 6.04. The van der Waals surface area contributed by atoms with Crippen molar-refractivity contribution in [2.24, 2.45) is 13.0 Å². The van der Waals surface area contributed by atoms with Gasteiger partial charge in [-0.15, -0.1) is 0 Å². The van der Waals surface area contributed by atoms with Crippen LogP contribution in [-0.2, 0) is 16.6 Å². The van der Waals surface area contributed by atoms with Crippen molar-refractivity contribution in [2.45, 2.75) is 5.92 Å². The Morgan fingerprint density at radius 2 is 2.15 bits per heavy atom. The van der Waals surface area contributed by atoms with Gasteiger partial charge in [0.1, 0.15) is 11.1 Å². The molecule has 0 bridgehead atoms. The minimum Gasteiger partial charge on any atom is -0.492 e. The number of likely N-dealkylation sites (tertiary alicyclic amines) is 1. The average Bonchev–Trinajstić information content (AvgIpc) is 3.07. The van der Waals surface area contributed by atoms with Crippen molar-refractivity contribution in [2.75, 3.05) is 26.0 Å². The highest BCUT2D eigenvalue weighted by molar-refractivity contribution is 6.29. The van der Waals surface area contributed by atoms with E-state index in [0.717, 1.165) is 0 Å². The summed E-state index contributed by atoms with van der Waals surface area (Å²) in [5.74, 6) is -3.00. The van der Waals surface area contributed by atoms with E-state index >= 15 is 0 Å². The molecule has 1 aliphatic heterocycles. The number of likely N-dealkylation sites (N-methyl/N-ethyl adjacent to an activating group) is 1. The van der Waals surface area contributed by atoms with Crippen molar-refractivity contribution in [3.8, 4) is 5.75 Å². The van der Waals surface area contributed by atoms with Crippen LogP contribution in [0.2, 0.25) is 5.15 Å². The highest BCUT2D eigenvalue weighted by Gasteiger charge is 2.45. The van der Waals surface area contributed by atoms with E-state index in [1.165, 1.54) is 34.9 Å². The molecule has 1 saturated heterocycles. The number of methoxy groups -OCH3 is 1. The molecular formula is C17H18ClFN4O3. The molecule has 1 fully saturated rings. The van der Waals surface area contributed by atoms with E-state index in [9.17, 15) is 14.0 Å². The van der Waals surface area contributed by atoms with Crippen LogP contribution in [0.15, 0.2) is 24.3 Å². The molecule has 0 saturated carbocycles. The molecule has 2 amide bonds. The first-order chi connectivity index (χ1) is 12.3. The van der Waals surface area contributed by atoms with Crippen molar-refractivity contribution >= 4 is 29.1 Å². The van der Waals surface area contributed by atoms with Gasteiger partial charge in [0.15, 0.2) is 11.6 Å². The first-order valence-corrected chi connectivity index (χ1v) is 8.29. The number of hydrogen-bond donors (Lipinski definition) is 1. The third kappa shape index (κ3) is 3.12. The predicted octanol–water partition coefficient (Wildman–Crippen LogP) is 2.03. The number of amides is 2. The minimum atomic E-state index is -0.987. The van der Waals surface area contributed by atoms with E-state index in [0.29, 0.717) is 17.4 Å². The molecule has 0 radical (unpaired) electrons. The smallest absolute Gasteiger partial charge is 0.237 e. The van der Waals surface area contributed by atoms with Gasteiger partial charge in [-0.25, -0.2) is 4.39 Å². The Kier molecular flexibility index (Phi) is 4.86. The second-order valence-corrected chi connectivity index (χ2v) is 6.52. The maximum Gasteiger partial charge on any atom is 0.237 e. The summed E-state index contributed by atoms with van der Waals surface area (Å²) < 4.78 is 20.3. The van der Waals surface area contributed by atoms with Crippen LogP contribution >= 0.6 is 11.6 Å². The number of carbonyl (C=O) groups is 2. The topological polar surface area (TPSA) is 76.5 Å². The standard InChI is InChI=1S/C17H18ClFN4O3/c1-22-8-9(12-7-13(18)23(2)21-12)14(17(22)25)16(24)20-11-6-4-5-10(19)15(11)26-3/h4-7,9,14H,8H2,1-3H3,(H,20,24)/t9-,14+/m1/s1. The number of ether oxygens (including phenoxy) is 1. The molecule has 138 valence electrons. The first-order valence-electron chi connectivity index (χ1n) is 7.91. The molecule has 1 aliphatic rings. The lowest BCUT2D eigenvalue weighted by atomic mass is 9.91. The molecule has 2 atom stereocenters. The maximum absolute atomic E-state index is 13.8. The van der Waals surface area contributed by atoms with Gasteiger partial charge in [-0.3, -0.25) is 14.3 Å². The number of carbonyl (C=O) groups excluding carboxylic acids is 2. The van der Waals surface area contributed by atoms with E-state index in [2.05, 4.69) is 10.4 Å². The molecule has 2 aromatic rings. The number of anilines is 1. The second-order valence-electron chi connectivity index (χ2n) is 6.13. The zero-order chi connectivity index (χ0) is 19.0. The van der Waals surface area contributed by atoms with Gasteiger partial charge in [0, 0.05) is 26.6 Å². The van der Waals surface area contributed by atoms with Gasteiger partial charge in [-0.2, -0.15) is 5.10 Å². The van der Waals surface area contributed by atoms with Crippen LogP contribution in [0.25, 0.3) is 0 Å². The van der Waals surface area contributed by atoms with Crippen molar-refractivity contribution in [3.05, 3.63) is 40.9 Å². The lowest BCUT2D eigenvalue weighted by molar-refractivity contribution is -0.135. The largest absolute Gasteiger partial charge is 0.492 e. The van der Waals surface area contributed by atoms with E-state index < -0.39 is 23.6 Å². The first kappa shape index (κ1) is 18.2. The molecule has 7 nitrogen and oxygen atoms in total. The van der Waals surface area contributed by atoms with E-state index in [1.54, 1.807) is 20.2 Å². The summed E-state index contributed by atoms with van der Waals surface area (Å²) in [5.41, 5.74) is 0.721. The molecule has 0 spiro atoms. The zero-order valence-corrected chi connectivity index (χ0v) is 15.2. The Hall–Kier alpha value is -2.61. The number of para-hydroxylation sites is 1. The van der Waals surface area contributed by atoms with Gasteiger partial charge in [0.2, 0.25) is 11.8 Å². The number of rotatable bonds is 4. The van der Waals surface area contributed by atoms with Gasteiger partial charge in [-0.1, -0.05) is 17.7 Å². The summed E-state index contributed by atoms with van der Waals surface area (Å²) in [5, 5.41) is 7.30. The van der Waals surface area contributed by atoms with E-state index in [-0.39, 0.29) is 17.3 Å². The van der Waals surface area contributed by atoms with Crippen LogP contribution < -0.4 is 10.1 Å². The number of halogens is 2. The number of hydrogen-bond acceptors (Lipinski definition) is 4. The highest BCUT2D eigenvalue weighted by Crippen LogP contribution is 2.35. The molecule has 2 heterocycles. The Balaban J connectivity index is 1.91. The SMILES string of the molecule is COc1c(F)cccc1NC(=O)[C@H]1C(=O)N(C)C[C@@H]1c1cc(Cl)n(C)n1. The Labute approximate surface area is 154 Å². The van der Waals surface area contributed by atoms with Crippen LogP contribution in [0.5, 0.6) is 5.75 Å². The fourth-order valence-corrected chi connectivity index (χ4v) is 3.28. The summed E-state index contributed by atoms with van der Waals surface area (Å²) in [4.78, 5) is 26.8. The van der Waals surface area contributed by atoms with Crippen LogP contribution in [0.1, 0.15) is 11.6 Å². The van der Waals surface area contributed by atoms with Gasteiger partial charge in [0.25, 0.3) is 0 Å². The molecule has 0 unspecified atom stereocenters. The molecule has 26 heavy (non-hydrogen) atoms. The molecule has 3 rings (SSSR count). The highest BCUT2D eigenvalue weighted by atomic mass is 35.5. The van der Waals surface area contributed by atoms with Crippen LogP contribution in [0.3, 0.4) is 0 Å². The quantitative estimate of drug-likeness (QED) is 0.823. The van der Waals surface area contributed by atoms with Gasteiger partial charge in [0.05, 0.1) is 18.5 Å². The van der Waals surface area contributed by atoms with E-state index in [1.807, 2.05) is 0 Å². The lowest BCUT2D eigenvalue weighted by Crippen LogP contribution is -2.33. The third-order valence-electron chi connectivity index (χ3n) is 4.45. The van der Waals surface area contributed by atoms with E-state index in [4.69, 9.17) is 16.3 Å². The summed E-state index contributed by atoms with van der Waals surface area (Å²) in [6.07, 6.45) is 0. The summed E-state index contributed by atoms with van der Waals surface area (Å²) in [7, 11) is 4.61. The number of benzene rings is 1. The number of aromatic nitrogens is 2. The van der Waals surface area contributed by atoms with Crippen molar-refractivity contribution in [1.29, 1.82) is 0 Å². The number of aryl methyl sites for hydroxylation is 1. The van der Waals surface area contributed by atoms with Crippen LogP contribution in [-0.4, -0.2) is 47.2 Å². The summed E-state index contributed by atoms with van der Waals surface area (Å²) in [6, 6.07) is 5.82. The molecule has 0 aliphatic carbocycles. The molecule has 1 N–H and O–H groups in total. The monoisotopic (exact) mass is 380 g/mol. The van der Waals surface area contributed by atoms with Gasteiger partial charge >= 0.3 is 0 Å². The predicted molar refractivity (Wildman–Crippen MR) is 93.7 cm³/mol. The second kappa shape index (κ2) is 6.95. The normalized spacial score (nSPS) is 19.7. The Bertz CT molecular complexity index is 850. The van der Waals surface area contributed by atoms with Crippen LogP contribution in [0, 0.1) is 11.7 Å². The molecule has 1 aromatic heterocycles. The summed E-state index contributed by atoms with van der Waals surface area (Å²) in [6.45, 7) is 0.338. The fourth-order valence-electron chi connectivity index (χ4n) is 3.13. The number of nitrogens with zero attached hydrogens (tertiary/aromatic N) is 3. The zero-order valence-electron chi connectivity index (χ0n) is 14.5. The van der Waals surface area contributed by atoms with Crippen molar-refractivity contribution < 1.29 is 18.7 Å². The maximum atomic E-state index is 13.8. The third-order valence-corrected chi connectivity index (χ3v) is 4.80. The Morgan fingerprint density at radius 1 is 1.42 bits per heavy atom. The van der Waals surface area contributed by atoms with Crippen LogP contribution in [0.4, 0.5) is 10.1 Å². The molecule has 9 heteroatoms. The molecule has 1 aromatic carbocycles. The van der Waals surface area contributed by atoms with Crippen molar-refractivity contribution in [1.82, 2.24) is 14.7 Å². The Morgan fingerprint density at radius 3 is 2.77 bits per heavy atom. The molecular weight excluding hydrogens is 363 g/mol. The lowest BCUT2D eigenvalue weighted by Gasteiger charge is -2.16.